The van der Waals surface area contributed by atoms with E-state index in [4.69, 9.17) is 0 Å². The molecule has 1 heterocycles. The van der Waals surface area contributed by atoms with Crippen molar-refractivity contribution < 1.29 is 14.7 Å². The van der Waals surface area contributed by atoms with E-state index in [2.05, 4.69) is 28.6 Å². The van der Waals surface area contributed by atoms with Crippen LogP contribution in [0.4, 0.5) is 5.69 Å². The molecule has 0 bridgehead atoms. The number of carbonyl (C=O) groups is 2. The number of carboxylic acid groups (broad SMARTS) is 1. The molecule has 2 aromatic carbocycles. The second-order valence-electron chi connectivity index (χ2n) is 6.49. The fraction of sp³-hybridized carbons (Fsp3) is 0.136. The first-order valence-electron chi connectivity index (χ1n) is 8.54. The Labute approximate surface area is 171 Å². The summed E-state index contributed by atoms with van der Waals surface area (Å²) in [7, 11) is 0. The first-order chi connectivity index (χ1) is 13.3. The zero-order valence-corrected chi connectivity index (χ0v) is 16.8. The summed E-state index contributed by atoms with van der Waals surface area (Å²) in [6.45, 7) is 6.05. The topological polar surface area (TPSA) is 81.4 Å². The van der Waals surface area contributed by atoms with Gasteiger partial charge in [-0.05, 0) is 57.7 Å². The van der Waals surface area contributed by atoms with E-state index in [1.54, 1.807) is 24.3 Å². The van der Waals surface area contributed by atoms with E-state index < -0.39 is 5.97 Å². The highest BCUT2D eigenvalue weighted by Gasteiger charge is 2.30. The van der Waals surface area contributed by atoms with E-state index in [0.717, 1.165) is 16.7 Å². The van der Waals surface area contributed by atoms with Gasteiger partial charge in [0, 0.05) is 10.0 Å². The number of nitriles is 1. The second-order valence-corrected chi connectivity index (χ2v) is 7.29. The van der Waals surface area contributed by atoms with Gasteiger partial charge in [-0.25, -0.2) is 4.79 Å². The summed E-state index contributed by atoms with van der Waals surface area (Å²) in [5.41, 5.74) is 4.39. The average Bonchev–Trinajstić information content (AvgIpc) is 2.79. The highest BCUT2D eigenvalue weighted by molar-refractivity contribution is 9.15. The lowest BCUT2D eigenvalue weighted by atomic mass is 10.0. The molecule has 28 heavy (non-hydrogen) atoms. The van der Waals surface area contributed by atoms with Crippen LogP contribution in [0.2, 0.25) is 0 Å². The van der Waals surface area contributed by atoms with Gasteiger partial charge in [0.25, 0.3) is 0 Å². The Kier molecular flexibility index (Phi) is 5.48. The number of benzene rings is 2. The number of amides is 1. The van der Waals surface area contributed by atoms with Crippen LogP contribution in [0.1, 0.15) is 34.2 Å². The lowest BCUT2D eigenvalue weighted by molar-refractivity contribution is -0.133. The van der Waals surface area contributed by atoms with Gasteiger partial charge in [-0.2, -0.15) is 5.26 Å². The molecule has 140 valence electrons. The summed E-state index contributed by atoms with van der Waals surface area (Å²) in [6, 6.07) is 12.8. The van der Waals surface area contributed by atoms with Gasteiger partial charge in [-0.15, -0.1) is 0 Å². The van der Waals surface area contributed by atoms with Crippen molar-refractivity contribution in [1.29, 1.82) is 5.26 Å². The van der Waals surface area contributed by atoms with Crippen molar-refractivity contribution in [1.82, 2.24) is 0 Å². The van der Waals surface area contributed by atoms with Crippen LogP contribution >= 0.6 is 15.9 Å². The molecule has 0 saturated carbocycles. The van der Waals surface area contributed by atoms with Gasteiger partial charge in [-0.3, -0.25) is 4.79 Å². The van der Waals surface area contributed by atoms with Gasteiger partial charge in [0.1, 0.15) is 0 Å². The number of aryl methyl sites for hydroxylation is 1. The monoisotopic (exact) mass is 436 g/mol. The first kappa shape index (κ1) is 19.6. The average molecular weight is 437 g/mol. The molecule has 0 saturated heterocycles. The van der Waals surface area contributed by atoms with Gasteiger partial charge >= 0.3 is 5.97 Å². The molecule has 0 atom stereocenters. The predicted octanol–water partition coefficient (Wildman–Crippen LogP) is 4.64. The number of nitrogens with zero attached hydrogens (tertiary/aromatic N) is 2. The second kappa shape index (κ2) is 7.83. The summed E-state index contributed by atoms with van der Waals surface area (Å²) in [4.78, 5) is 26.2. The quantitative estimate of drug-likeness (QED) is 0.756. The predicted molar refractivity (Wildman–Crippen MR) is 112 cm³/mol. The number of hydrogen-bond acceptors (Lipinski definition) is 3. The molecule has 0 spiro atoms. The van der Waals surface area contributed by atoms with E-state index in [1.807, 2.05) is 25.1 Å². The Morgan fingerprint density at radius 1 is 1.36 bits per heavy atom. The number of carboxylic acids is 1. The number of rotatable bonds is 4. The Bertz CT molecular complexity index is 1080. The van der Waals surface area contributed by atoms with E-state index in [1.165, 1.54) is 4.90 Å². The number of hydrogen-bond donors (Lipinski definition) is 1. The molecule has 0 radical (unpaired) electrons. The number of anilines is 1. The molecule has 6 heteroatoms. The van der Waals surface area contributed by atoms with Crippen LogP contribution < -0.4 is 4.90 Å². The Balaban J connectivity index is 2.14. The van der Waals surface area contributed by atoms with Crippen LogP contribution in [0.5, 0.6) is 0 Å². The third kappa shape index (κ3) is 3.62. The molecular formula is C22H17BrN2O3. The largest absolute Gasteiger partial charge is 0.478 e. The van der Waals surface area contributed by atoms with Gasteiger partial charge in [0.2, 0.25) is 5.91 Å². The van der Waals surface area contributed by atoms with Gasteiger partial charge < -0.3 is 10.0 Å². The van der Waals surface area contributed by atoms with E-state index >= 15 is 0 Å². The maximum Gasteiger partial charge on any atom is 0.333 e. The van der Waals surface area contributed by atoms with E-state index in [-0.39, 0.29) is 24.4 Å². The standard InChI is InChI=1S/C22H17BrN2O3/c1-3-16-8-15(5-4-13(16)2)12-25-19-9-14(11-24)6-7-17(19)21(23)18(22(27)28)10-20(25)26/h3-9H,1,10,12H2,2H3,(H,27,28). The molecule has 3 rings (SSSR count). The summed E-state index contributed by atoms with van der Waals surface area (Å²) in [5, 5.41) is 18.8. The third-order valence-electron chi connectivity index (χ3n) is 4.71. The highest BCUT2D eigenvalue weighted by atomic mass is 79.9. The van der Waals surface area contributed by atoms with Crippen LogP contribution in [0.3, 0.4) is 0 Å². The minimum atomic E-state index is -1.15. The van der Waals surface area contributed by atoms with Crippen LogP contribution in [0, 0.1) is 18.3 Å². The van der Waals surface area contributed by atoms with Crippen LogP contribution in [0.15, 0.2) is 48.6 Å². The van der Waals surface area contributed by atoms with Gasteiger partial charge in [0.15, 0.2) is 0 Å². The minimum absolute atomic E-state index is 0.00542. The van der Waals surface area contributed by atoms with Crippen molar-refractivity contribution >= 4 is 44.1 Å². The molecule has 2 aromatic rings. The molecule has 1 N–H and O–H groups in total. The van der Waals surface area contributed by atoms with E-state index in [9.17, 15) is 20.0 Å². The Morgan fingerprint density at radius 2 is 2.11 bits per heavy atom. The van der Waals surface area contributed by atoms with Crippen molar-refractivity contribution in [3.05, 3.63) is 76.4 Å². The van der Waals surface area contributed by atoms with Gasteiger partial charge in [0.05, 0.1) is 35.9 Å². The molecule has 1 aliphatic rings. The summed E-state index contributed by atoms with van der Waals surface area (Å²) < 4.78 is 0.353. The van der Waals surface area contributed by atoms with Crippen molar-refractivity contribution in [2.75, 3.05) is 4.90 Å². The van der Waals surface area contributed by atoms with Gasteiger partial charge in [-0.1, -0.05) is 30.9 Å². The zero-order valence-electron chi connectivity index (χ0n) is 15.2. The molecule has 1 amide bonds. The van der Waals surface area contributed by atoms with Crippen LogP contribution in [-0.2, 0) is 16.1 Å². The molecule has 5 nitrogen and oxygen atoms in total. The fourth-order valence-electron chi connectivity index (χ4n) is 3.16. The van der Waals surface area contributed by atoms with Crippen LogP contribution in [-0.4, -0.2) is 17.0 Å². The maximum absolute atomic E-state index is 13.0. The molecule has 0 aliphatic carbocycles. The smallest absolute Gasteiger partial charge is 0.333 e. The van der Waals surface area contributed by atoms with E-state index in [0.29, 0.717) is 21.3 Å². The molecule has 1 aliphatic heterocycles. The van der Waals surface area contributed by atoms with Crippen molar-refractivity contribution in [2.24, 2.45) is 0 Å². The number of fused-ring (bicyclic) bond motifs is 1. The van der Waals surface area contributed by atoms with Crippen molar-refractivity contribution in [2.45, 2.75) is 19.9 Å². The summed E-state index contributed by atoms with van der Waals surface area (Å²) in [6.07, 6.45) is 1.51. The number of carbonyl (C=O) groups excluding carboxylic acids is 1. The zero-order chi connectivity index (χ0) is 20.4. The van der Waals surface area contributed by atoms with Crippen molar-refractivity contribution in [3.63, 3.8) is 0 Å². The fourth-order valence-corrected chi connectivity index (χ4v) is 3.81. The highest BCUT2D eigenvalue weighted by Crippen LogP contribution is 2.39. The lowest BCUT2D eigenvalue weighted by Gasteiger charge is -2.24. The molecular weight excluding hydrogens is 420 g/mol. The molecule has 0 unspecified atom stereocenters. The number of aliphatic carboxylic acids is 1. The van der Waals surface area contributed by atoms with Crippen molar-refractivity contribution in [3.8, 4) is 6.07 Å². The van der Waals surface area contributed by atoms with Crippen LogP contribution in [0.25, 0.3) is 10.6 Å². The lowest BCUT2D eigenvalue weighted by Crippen LogP contribution is -2.30. The summed E-state index contributed by atoms with van der Waals surface area (Å²) in [5.74, 6) is -1.49. The normalized spacial score (nSPS) is 13.6. The third-order valence-corrected chi connectivity index (χ3v) is 5.62. The number of halogens is 1. The summed E-state index contributed by atoms with van der Waals surface area (Å²) >= 11 is 3.35. The Hall–Kier alpha value is -3.17. The molecule has 0 fully saturated rings. The maximum atomic E-state index is 13.0. The Morgan fingerprint density at radius 3 is 2.75 bits per heavy atom. The first-order valence-corrected chi connectivity index (χ1v) is 9.33. The minimum Gasteiger partial charge on any atom is -0.478 e. The molecule has 0 aromatic heterocycles. The SMILES string of the molecule is C=Cc1cc(CN2C(=O)CC(C(=O)O)=C(Br)c3ccc(C#N)cc32)ccc1C.